The van der Waals surface area contributed by atoms with Crippen molar-refractivity contribution in [3.63, 3.8) is 0 Å². The van der Waals surface area contributed by atoms with Crippen molar-refractivity contribution in [1.29, 1.82) is 0 Å². The van der Waals surface area contributed by atoms with Gasteiger partial charge in [-0.15, -0.1) is 0 Å². The van der Waals surface area contributed by atoms with E-state index in [1.165, 1.54) is 0 Å². The van der Waals surface area contributed by atoms with Gasteiger partial charge in [0.25, 0.3) is 5.91 Å². The van der Waals surface area contributed by atoms with Crippen LogP contribution in [0.25, 0.3) is 11.1 Å². The van der Waals surface area contributed by atoms with Gasteiger partial charge in [0.05, 0.1) is 0 Å². The van der Waals surface area contributed by atoms with E-state index in [1.54, 1.807) is 16.7 Å². The number of likely N-dealkylation sites (tertiary alicyclic amines) is 1. The Kier molecular flexibility index (Phi) is 7.44. The summed E-state index contributed by atoms with van der Waals surface area (Å²) < 4.78 is 11.4. The van der Waals surface area contributed by atoms with Crippen LogP contribution >= 0.6 is 0 Å². The van der Waals surface area contributed by atoms with Crippen molar-refractivity contribution in [2.75, 3.05) is 20.1 Å². The van der Waals surface area contributed by atoms with Gasteiger partial charge in [0, 0.05) is 26.2 Å². The minimum Gasteiger partial charge on any atom is -0.481 e. The molecule has 1 aliphatic rings. The summed E-state index contributed by atoms with van der Waals surface area (Å²) in [6, 6.07) is 18.0. The first-order valence-corrected chi connectivity index (χ1v) is 11.2. The lowest BCUT2D eigenvalue weighted by atomic mass is 10.0. The molecule has 0 aromatic heterocycles. The molecule has 2 aromatic rings. The predicted molar refractivity (Wildman–Crippen MR) is 126 cm³/mol. The Bertz CT molecular complexity index is 898. The van der Waals surface area contributed by atoms with E-state index in [2.05, 4.69) is 12.1 Å². The first kappa shape index (κ1) is 23.6. The average molecular weight is 439 g/mol. The molecule has 2 amide bonds. The van der Waals surface area contributed by atoms with Gasteiger partial charge in [-0.1, -0.05) is 42.5 Å². The third-order valence-corrected chi connectivity index (χ3v) is 5.63. The van der Waals surface area contributed by atoms with Gasteiger partial charge >= 0.3 is 6.09 Å². The van der Waals surface area contributed by atoms with E-state index >= 15 is 0 Å². The minimum absolute atomic E-state index is 0.0622. The fraction of sp³-hybridized carbons (Fsp3) is 0.462. The largest absolute Gasteiger partial charge is 0.481 e. The predicted octanol–water partition coefficient (Wildman–Crippen LogP) is 4.98. The van der Waals surface area contributed by atoms with Crippen molar-refractivity contribution < 1.29 is 19.1 Å². The number of piperidine rings is 1. The first-order chi connectivity index (χ1) is 15.1. The van der Waals surface area contributed by atoms with Gasteiger partial charge in [0.2, 0.25) is 0 Å². The highest BCUT2D eigenvalue weighted by Crippen LogP contribution is 2.24. The van der Waals surface area contributed by atoms with Crippen LogP contribution in [0.15, 0.2) is 54.6 Å². The second-order valence-corrected chi connectivity index (χ2v) is 9.30. The van der Waals surface area contributed by atoms with Crippen LogP contribution in [-0.2, 0) is 9.53 Å². The standard InChI is InChI=1S/C26H34N2O4/c1-19(31-23-13-11-21(12-14-23)20-9-7-6-8-10-20)24(29)27(5)22-15-17-28(18-16-22)25(30)32-26(2,3)4/h6-14,19,22H,15-18H2,1-5H3. The molecule has 32 heavy (non-hydrogen) atoms. The lowest BCUT2D eigenvalue weighted by Crippen LogP contribution is -2.50. The molecule has 0 spiro atoms. The van der Waals surface area contributed by atoms with Crippen molar-refractivity contribution in [1.82, 2.24) is 9.80 Å². The van der Waals surface area contributed by atoms with E-state index in [0.29, 0.717) is 18.8 Å². The lowest BCUT2D eigenvalue weighted by molar-refractivity contribution is -0.139. The Hall–Kier alpha value is -3.02. The van der Waals surface area contributed by atoms with Gasteiger partial charge in [-0.2, -0.15) is 0 Å². The molecule has 0 N–H and O–H groups in total. The molecule has 1 heterocycles. The zero-order valence-electron chi connectivity index (χ0n) is 19.7. The molecular weight excluding hydrogens is 404 g/mol. The number of hydrogen-bond acceptors (Lipinski definition) is 4. The van der Waals surface area contributed by atoms with Gasteiger partial charge in [-0.3, -0.25) is 4.79 Å². The lowest BCUT2D eigenvalue weighted by Gasteiger charge is -2.38. The fourth-order valence-corrected chi connectivity index (χ4v) is 3.84. The SMILES string of the molecule is CC(Oc1ccc(-c2ccccc2)cc1)C(=O)N(C)C1CCN(C(=O)OC(C)(C)C)CC1. The Morgan fingerprint density at radius 1 is 0.969 bits per heavy atom. The third-order valence-electron chi connectivity index (χ3n) is 5.63. The highest BCUT2D eigenvalue weighted by molar-refractivity contribution is 5.81. The molecule has 1 unspecified atom stereocenters. The number of hydrogen-bond donors (Lipinski definition) is 0. The van der Waals surface area contributed by atoms with Gasteiger partial charge in [-0.05, 0) is 63.8 Å². The van der Waals surface area contributed by atoms with E-state index in [4.69, 9.17) is 9.47 Å². The Balaban J connectivity index is 1.51. The Morgan fingerprint density at radius 3 is 2.09 bits per heavy atom. The maximum Gasteiger partial charge on any atom is 0.410 e. The highest BCUT2D eigenvalue weighted by Gasteiger charge is 2.31. The van der Waals surface area contributed by atoms with Crippen LogP contribution in [0.3, 0.4) is 0 Å². The maximum absolute atomic E-state index is 12.9. The molecule has 3 rings (SSSR count). The highest BCUT2D eigenvalue weighted by atomic mass is 16.6. The molecule has 1 aliphatic heterocycles. The fourth-order valence-electron chi connectivity index (χ4n) is 3.84. The molecule has 6 nitrogen and oxygen atoms in total. The summed E-state index contributed by atoms with van der Waals surface area (Å²) in [5.41, 5.74) is 1.73. The van der Waals surface area contributed by atoms with Crippen LogP contribution < -0.4 is 4.74 Å². The van der Waals surface area contributed by atoms with E-state index in [1.807, 2.05) is 70.3 Å². The number of carbonyl (C=O) groups is 2. The number of amides is 2. The topological polar surface area (TPSA) is 59.1 Å². The minimum atomic E-state index is -0.591. The van der Waals surface area contributed by atoms with Crippen molar-refractivity contribution in [2.24, 2.45) is 0 Å². The molecule has 172 valence electrons. The average Bonchev–Trinajstić information content (AvgIpc) is 2.78. The van der Waals surface area contributed by atoms with Gasteiger partial charge in [-0.25, -0.2) is 4.79 Å². The Labute approximate surface area is 191 Å². The quantitative estimate of drug-likeness (QED) is 0.661. The number of ether oxygens (including phenoxy) is 2. The van der Waals surface area contributed by atoms with Gasteiger partial charge in [0.1, 0.15) is 11.4 Å². The summed E-state index contributed by atoms with van der Waals surface area (Å²) in [6.07, 6.45) is 0.562. The monoisotopic (exact) mass is 438 g/mol. The molecular formula is C26H34N2O4. The first-order valence-electron chi connectivity index (χ1n) is 11.2. The summed E-state index contributed by atoms with van der Waals surface area (Å²) in [5.74, 6) is 0.603. The normalized spacial score (nSPS) is 15.7. The summed E-state index contributed by atoms with van der Waals surface area (Å²) in [4.78, 5) is 28.7. The molecule has 1 fully saturated rings. The van der Waals surface area contributed by atoms with Crippen molar-refractivity contribution in [3.05, 3.63) is 54.6 Å². The summed E-state index contributed by atoms with van der Waals surface area (Å²) in [6.45, 7) is 8.52. The number of carbonyl (C=O) groups excluding carboxylic acids is 2. The molecule has 1 atom stereocenters. The summed E-state index contributed by atoms with van der Waals surface area (Å²) >= 11 is 0. The van der Waals surface area contributed by atoms with Crippen LogP contribution in [0.4, 0.5) is 4.79 Å². The van der Waals surface area contributed by atoms with Crippen molar-refractivity contribution >= 4 is 12.0 Å². The summed E-state index contributed by atoms with van der Waals surface area (Å²) in [7, 11) is 1.81. The van der Waals surface area contributed by atoms with Crippen LogP contribution in [0, 0.1) is 0 Å². The van der Waals surface area contributed by atoms with Crippen LogP contribution in [-0.4, -0.2) is 59.7 Å². The number of rotatable bonds is 5. The molecule has 0 saturated carbocycles. The zero-order chi connectivity index (χ0) is 23.3. The molecule has 0 radical (unpaired) electrons. The zero-order valence-corrected chi connectivity index (χ0v) is 19.7. The number of nitrogens with zero attached hydrogens (tertiary/aromatic N) is 2. The van der Waals surface area contributed by atoms with Gasteiger partial charge in [0.15, 0.2) is 6.10 Å². The second-order valence-electron chi connectivity index (χ2n) is 9.30. The van der Waals surface area contributed by atoms with Crippen molar-refractivity contribution in [3.8, 4) is 16.9 Å². The van der Waals surface area contributed by atoms with Crippen molar-refractivity contribution in [2.45, 2.75) is 58.3 Å². The van der Waals surface area contributed by atoms with E-state index in [9.17, 15) is 9.59 Å². The number of benzene rings is 2. The maximum atomic E-state index is 12.9. The molecule has 6 heteroatoms. The third kappa shape index (κ3) is 6.25. The van der Waals surface area contributed by atoms with Gasteiger partial charge < -0.3 is 19.3 Å². The molecule has 0 bridgehead atoms. The number of likely N-dealkylation sites (N-methyl/N-ethyl adjacent to an activating group) is 1. The van der Waals surface area contributed by atoms with E-state index in [0.717, 1.165) is 24.0 Å². The molecule has 2 aromatic carbocycles. The summed E-state index contributed by atoms with van der Waals surface area (Å²) in [5, 5.41) is 0. The molecule has 1 saturated heterocycles. The van der Waals surface area contributed by atoms with Crippen LogP contribution in [0.1, 0.15) is 40.5 Å². The van der Waals surface area contributed by atoms with Crippen LogP contribution in [0.2, 0.25) is 0 Å². The van der Waals surface area contributed by atoms with Crippen LogP contribution in [0.5, 0.6) is 5.75 Å². The smallest absolute Gasteiger partial charge is 0.410 e. The Morgan fingerprint density at radius 2 is 1.53 bits per heavy atom. The van der Waals surface area contributed by atoms with E-state index in [-0.39, 0.29) is 18.0 Å². The second kappa shape index (κ2) is 10.1. The van der Waals surface area contributed by atoms with E-state index < -0.39 is 11.7 Å². The molecule has 0 aliphatic carbocycles.